The van der Waals surface area contributed by atoms with Gasteiger partial charge in [0.2, 0.25) is 0 Å². The first-order valence-corrected chi connectivity index (χ1v) is 16.6. The van der Waals surface area contributed by atoms with Gasteiger partial charge in [-0.25, -0.2) is 0 Å². The molecular weight excluding hydrogens is 301 g/mol. The minimum atomic E-state index is -1.71. The summed E-state index contributed by atoms with van der Waals surface area (Å²) in [6.45, 7) is 13.4. The average Bonchev–Trinajstić information content (AvgIpc) is 2.18. The van der Waals surface area contributed by atoms with Crippen molar-refractivity contribution in [2.75, 3.05) is 13.1 Å². The van der Waals surface area contributed by atoms with Crippen molar-refractivity contribution in [2.45, 2.75) is 61.4 Å². The molecule has 1 rings (SSSR count). The van der Waals surface area contributed by atoms with Crippen molar-refractivity contribution in [3.05, 3.63) is 9.67 Å². The van der Waals surface area contributed by atoms with Crippen LogP contribution in [0.3, 0.4) is 0 Å². The van der Waals surface area contributed by atoms with Gasteiger partial charge in [-0.3, -0.25) is 0 Å². The molecule has 0 atom stereocenters. The van der Waals surface area contributed by atoms with Crippen molar-refractivity contribution in [3.8, 4) is 0 Å². The van der Waals surface area contributed by atoms with Gasteiger partial charge in [0, 0.05) is 0 Å². The Bertz CT molecular complexity index is 230. The first-order valence-electron chi connectivity index (χ1n) is 6.66. The van der Waals surface area contributed by atoms with E-state index in [0.717, 1.165) is 0 Å². The standard InChI is InChI=1S/C9H16N.C2H6.3CH3.Sn/c1-9(2,3)10-7-5-4-6-8-10;1-2;;;;/h5H,6-8H2,1-3H3;1-2H3;3*1H3;. The molecule has 1 heterocycles. The summed E-state index contributed by atoms with van der Waals surface area (Å²) in [5, 5.41) is 0. The van der Waals surface area contributed by atoms with E-state index in [1.54, 1.807) is 0 Å². The van der Waals surface area contributed by atoms with Gasteiger partial charge in [0.25, 0.3) is 0 Å². The van der Waals surface area contributed by atoms with E-state index in [4.69, 9.17) is 0 Å². The predicted molar refractivity (Wildman–Crippen MR) is 78.7 cm³/mol. The topological polar surface area (TPSA) is 3.24 Å². The van der Waals surface area contributed by atoms with Crippen molar-refractivity contribution in [1.82, 2.24) is 4.90 Å². The Morgan fingerprint density at radius 1 is 1.12 bits per heavy atom. The molecule has 0 aromatic rings. The van der Waals surface area contributed by atoms with Crippen LogP contribution in [0.4, 0.5) is 0 Å². The van der Waals surface area contributed by atoms with E-state index in [0.29, 0.717) is 5.54 Å². The number of hydrogen-bond donors (Lipinski definition) is 0. The normalized spacial score (nSPS) is 18.6. The fourth-order valence-corrected chi connectivity index (χ4v) is 6.43. The van der Waals surface area contributed by atoms with Crippen LogP contribution in [0.2, 0.25) is 14.8 Å². The molecule has 16 heavy (non-hydrogen) atoms. The van der Waals surface area contributed by atoms with Crippen LogP contribution in [-0.4, -0.2) is 41.9 Å². The summed E-state index contributed by atoms with van der Waals surface area (Å²) in [4.78, 5) is 10.1. The Hall–Kier alpha value is 0.499. The number of rotatable bonds is 1. The van der Waals surface area contributed by atoms with Crippen molar-refractivity contribution in [1.29, 1.82) is 0 Å². The quantitative estimate of drug-likeness (QED) is 0.647. The average molecular weight is 332 g/mol. The van der Waals surface area contributed by atoms with Crippen molar-refractivity contribution >= 4 is 18.4 Å². The predicted octanol–water partition coefficient (Wildman–Crippen LogP) is 4.32. The van der Waals surface area contributed by atoms with E-state index in [-0.39, 0.29) is 0 Å². The van der Waals surface area contributed by atoms with E-state index in [2.05, 4.69) is 46.6 Å². The molecule has 0 unspecified atom stereocenters. The Morgan fingerprint density at radius 3 is 1.88 bits per heavy atom. The molecule has 1 aliphatic rings. The summed E-state index contributed by atoms with van der Waals surface area (Å²) >= 11 is -1.71. The zero-order chi connectivity index (χ0) is 13.0. The second-order valence-corrected chi connectivity index (χ2v) is 21.0. The molecule has 0 aliphatic carbocycles. The van der Waals surface area contributed by atoms with Gasteiger partial charge in [0.15, 0.2) is 0 Å². The van der Waals surface area contributed by atoms with Crippen LogP contribution < -0.4 is 0 Å². The van der Waals surface area contributed by atoms with Gasteiger partial charge in [-0.2, -0.15) is 0 Å². The third kappa shape index (κ3) is 5.22. The first kappa shape index (κ1) is 16.5. The zero-order valence-electron chi connectivity index (χ0n) is 12.6. The summed E-state index contributed by atoms with van der Waals surface area (Å²) in [5.74, 6) is 0. The van der Waals surface area contributed by atoms with E-state index < -0.39 is 18.4 Å². The molecule has 0 aromatic heterocycles. The fourth-order valence-electron chi connectivity index (χ4n) is 1.96. The monoisotopic (exact) mass is 333 g/mol. The summed E-state index contributed by atoms with van der Waals surface area (Å²) in [6, 6.07) is 0. The van der Waals surface area contributed by atoms with Crippen LogP contribution in [-0.2, 0) is 0 Å². The van der Waals surface area contributed by atoms with Crippen LogP contribution >= 0.6 is 0 Å². The molecule has 0 aromatic carbocycles. The number of hydrogen-bond acceptors (Lipinski definition) is 1. The van der Waals surface area contributed by atoms with E-state index in [1.165, 1.54) is 19.5 Å². The van der Waals surface area contributed by atoms with Crippen LogP contribution in [0.1, 0.15) is 41.0 Å². The Balaban J connectivity index is 0.00000106. The molecule has 0 spiro atoms. The molecule has 2 heteroatoms. The third-order valence-corrected chi connectivity index (χ3v) is 9.92. The van der Waals surface area contributed by atoms with Gasteiger partial charge >= 0.3 is 93.6 Å². The first-order chi connectivity index (χ1) is 7.21. The van der Waals surface area contributed by atoms with E-state index >= 15 is 0 Å². The number of nitrogens with zero attached hydrogens (tertiary/aromatic N) is 1. The maximum absolute atomic E-state index is 2.58. The molecule has 96 valence electrons. The third-order valence-electron chi connectivity index (χ3n) is 3.12. The second kappa shape index (κ2) is 6.44. The van der Waals surface area contributed by atoms with Gasteiger partial charge < -0.3 is 0 Å². The molecule has 0 bridgehead atoms. The molecule has 0 fully saturated rings. The van der Waals surface area contributed by atoms with Crippen molar-refractivity contribution in [3.63, 3.8) is 0 Å². The summed E-state index contributed by atoms with van der Waals surface area (Å²) in [6.07, 6.45) is 3.85. The fraction of sp³-hybridized carbons (Fsp3) is 0.857. The van der Waals surface area contributed by atoms with Crippen LogP contribution in [0.15, 0.2) is 9.67 Å². The second-order valence-electron chi connectivity index (χ2n) is 6.35. The zero-order valence-corrected chi connectivity index (χ0v) is 15.5. The van der Waals surface area contributed by atoms with Crippen molar-refractivity contribution in [2.24, 2.45) is 0 Å². The molecular formula is C14H31NSn. The Kier molecular flexibility index (Phi) is 6.64. The Morgan fingerprint density at radius 2 is 1.62 bits per heavy atom. The van der Waals surface area contributed by atoms with Gasteiger partial charge in [-0.15, -0.1) is 0 Å². The van der Waals surface area contributed by atoms with Crippen LogP contribution in [0.5, 0.6) is 0 Å². The molecule has 0 saturated carbocycles. The van der Waals surface area contributed by atoms with Gasteiger partial charge in [-0.05, 0) is 0 Å². The maximum atomic E-state index is 2.58. The SMILES string of the molecule is CC.CC(C)(C)N1CC=[C]([Sn]([CH3])([CH3])[CH3])CC1. The molecule has 0 amide bonds. The van der Waals surface area contributed by atoms with Crippen LogP contribution in [0, 0.1) is 0 Å². The minimum absolute atomic E-state index is 0.343. The summed E-state index contributed by atoms with van der Waals surface area (Å²) in [5.41, 5.74) is 0.343. The van der Waals surface area contributed by atoms with Gasteiger partial charge in [0.05, 0.1) is 0 Å². The van der Waals surface area contributed by atoms with E-state index in [9.17, 15) is 0 Å². The molecule has 0 saturated heterocycles. The summed E-state index contributed by atoms with van der Waals surface area (Å²) in [7, 11) is 0. The summed E-state index contributed by atoms with van der Waals surface area (Å²) < 4.78 is 1.83. The molecule has 0 radical (unpaired) electrons. The van der Waals surface area contributed by atoms with Gasteiger partial charge in [-0.1, -0.05) is 13.8 Å². The Labute approximate surface area is 107 Å². The molecule has 0 N–H and O–H groups in total. The molecule has 1 nitrogen and oxygen atoms in total. The van der Waals surface area contributed by atoms with Gasteiger partial charge in [0.1, 0.15) is 0 Å². The van der Waals surface area contributed by atoms with E-state index in [1.807, 2.05) is 17.4 Å². The molecule has 1 aliphatic heterocycles. The van der Waals surface area contributed by atoms with Crippen LogP contribution in [0.25, 0.3) is 0 Å². The van der Waals surface area contributed by atoms with Crippen molar-refractivity contribution < 1.29 is 0 Å².